The Labute approximate surface area is 117 Å². The lowest BCUT2D eigenvalue weighted by Gasteiger charge is -2.07. The molecular weight excluding hydrogens is 262 g/mol. The fourth-order valence-electron chi connectivity index (χ4n) is 1.71. The number of carbonyl (C=O) groups is 1. The van der Waals surface area contributed by atoms with Crippen molar-refractivity contribution in [1.82, 2.24) is 10.6 Å². The van der Waals surface area contributed by atoms with Crippen LogP contribution in [-0.2, 0) is 11.3 Å². The van der Waals surface area contributed by atoms with E-state index in [0.29, 0.717) is 26.1 Å². The molecule has 1 aromatic rings. The van der Waals surface area contributed by atoms with Gasteiger partial charge in [0.1, 0.15) is 0 Å². The number of ether oxygens (including phenoxy) is 1. The molecule has 0 aliphatic heterocycles. The van der Waals surface area contributed by atoms with Crippen LogP contribution in [0.15, 0.2) is 18.2 Å². The maximum Gasteiger partial charge on any atom is 0.311 e. The second-order valence-corrected chi connectivity index (χ2v) is 4.14. The van der Waals surface area contributed by atoms with Gasteiger partial charge in [-0.25, -0.2) is 0 Å². The molecule has 0 heterocycles. The van der Waals surface area contributed by atoms with Gasteiger partial charge in [-0.2, -0.15) is 0 Å². The van der Waals surface area contributed by atoms with Crippen molar-refractivity contribution in [3.63, 3.8) is 0 Å². The Morgan fingerprint density at radius 1 is 1.45 bits per heavy atom. The molecule has 1 aromatic carbocycles. The van der Waals surface area contributed by atoms with E-state index < -0.39 is 4.92 Å². The number of rotatable bonds is 8. The summed E-state index contributed by atoms with van der Waals surface area (Å²) in [6.07, 6.45) is 0.381. The third-order valence-corrected chi connectivity index (χ3v) is 2.67. The second-order valence-electron chi connectivity index (χ2n) is 4.14. The van der Waals surface area contributed by atoms with Gasteiger partial charge in [-0.15, -0.1) is 0 Å². The number of hydrogen-bond donors (Lipinski definition) is 2. The summed E-state index contributed by atoms with van der Waals surface area (Å²) in [7, 11) is 1.40. The lowest BCUT2D eigenvalue weighted by atomic mass is 10.2. The van der Waals surface area contributed by atoms with Gasteiger partial charge in [0.25, 0.3) is 0 Å². The first kappa shape index (κ1) is 15.9. The van der Waals surface area contributed by atoms with Gasteiger partial charge in [0.05, 0.1) is 12.0 Å². The number of nitro benzene ring substituents is 1. The third kappa shape index (κ3) is 4.85. The van der Waals surface area contributed by atoms with Crippen molar-refractivity contribution in [3.8, 4) is 5.75 Å². The Morgan fingerprint density at radius 2 is 2.20 bits per heavy atom. The maximum absolute atomic E-state index is 11.2. The highest BCUT2D eigenvalue weighted by molar-refractivity contribution is 5.75. The van der Waals surface area contributed by atoms with Crippen molar-refractivity contribution < 1.29 is 14.5 Å². The molecule has 0 fully saturated rings. The van der Waals surface area contributed by atoms with Crippen LogP contribution in [-0.4, -0.2) is 31.0 Å². The van der Waals surface area contributed by atoms with Gasteiger partial charge in [-0.3, -0.25) is 14.9 Å². The summed E-state index contributed by atoms with van der Waals surface area (Å²) in [4.78, 5) is 21.6. The number of hydrogen-bond acceptors (Lipinski definition) is 5. The number of carbonyl (C=O) groups excluding carboxylic acids is 1. The lowest BCUT2D eigenvalue weighted by molar-refractivity contribution is -0.385. The number of benzene rings is 1. The van der Waals surface area contributed by atoms with Gasteiger partial charge in [0.2, 0.25) is 5.91 Å². The molecule has 0 saturated heterocycles. The first-order chi connectivity index (χ1) is 9.58. The van der Waals surface area contributed by atoms with Crippen LogP contribution in [0.1, 0.15) is 18.9 Å². The summed E-state index contributed by atoms with van der Waals surface area (Å²) in [5, 5.41) is 16.6. The molecule has 0 unspecified atom stereocenters. The zero-order valence-corrected chi connectivity index (χ0v) is 11.6. The molecular formula is C13H19N3O4. The Balaban J connectivity index is 2.50. The molecule has 1 amide bonds. The van der Waals surface area contributed by atoms with Crippen LogP contribution in [0.5, 0.6) is 5.75 Å². The Morgan fingerprint density at radius 3 is 2.80 bits per heavy atom. The van der Waals surface area contributed by atoms with Crippen molar-refractivity contribution in [3.05, 3.63) is 33.9 Å². The number of nitrogens with one attached hydrogen (secondary N) is 2. The fraction of sp³-hybridized carbons (Fsp3) is 0.462. The first-order valence-corrected chi connectivity index (χ1v) is 6.37. The molecule has 7 nitrogen and oxygen atoms in total. The Hall–Kier alpha value is -2.15. The minimum absolute atomic E-state index is 0.0132. The van der Waals surface area contributed by atoms with Gasteiger partial charge < -0.3 is 15.4 Å². The van der Waals surface area contributed by atoms with Crippen LogP contribution in [0, 0.1) is 10.1 Å². The smallest absolute Gasteiger partial charge is 0.311 e. The number of methoxy groups -OCH3 is 1. The van der Waals surface area contributed by atoms with Crippen LogP contribution in [0.3, 0.4) is 0 Å². The summed E-state index contributed by atoms with van der Waals surface area (Å²) >= 11 is 0. The molecule has 20 heavy (non-hydrogen) atoms. The van der Waals surface area contributed by atoms with Crippen molar-refractivity contribution in [2.45, 2.75) is 19.9 Å². The van der Waals surface area contributed by atoms with Crippen molar-refractivity contribution in [1.29, 1.82) is 0 Å². The SMILES string of the molecule is CCNC(=O)CCNCc1ccc(OC)c([N+](=O)[O-])c1. The lowest BCUT2D eigenvalue weighted by Crippen LogP contribution is -2.27. The monoisotopic (exact) mass is 281 g/mol. The van der Waals surface area contributed by atoms with Crippen LogP contribution in [0.2, 0.25) is 0 Å². The van der Waals surface area contributed by atoms with E-state index in [2.05, 4.69) is 10.6 Å². The van der Waals surface area contributed by atoms with E-state index in [1.165, 1.54) is 13.2 Å². The molecule has 1 rings (SSSR count). The molecule has 0 aliphatic carbocycles. The molecule has 110 valence electrons. The van der Waals surface area contributed by atoms with E-state index in [0.717, 1.165) is 5.56 Å². The Bertz CT molecular complexity index is 477. The van der Waals surface area contributed by atoms with Crippen molar-refractivity contribution in [2.75, 3.05) is 20.2 Å². The standard InChI is InChI=1S/C13H19N3O4/c1-3-15-13(17)6-7-14-9-10-4-5-12(20-2)11(8-10)16(18)19/h4-5,8,14H,3,6-7,9H2,1-2H3,(H,15,17). The van der Waals surface area contributed by atoms with E-state index >= 15 is 0 Å². The van der Waals surface area contributed by atoms with Crippen LogP contribution in [0.4, 0.5) is 5.69 Å². The van der Waals surface area contributed by atoms with E-state index in [4.69, 9.17) is 4.74 Å². The largest absolute Gasteiger partial charge is 0.490 e. The predicted molar refractivity (Wildman–Crippen MR) is 74.7 cm³/mol. The van der Waals surface area contributed by atoms with Gasteiger partial charge in [-0.1, -0.05) is 6.07 Å². The summed E-state index contributed by atoms with van der Waals surface area (Å²) in [5.74, 6) is 0.224. The summed E-state index contributed by atoms with van der Waals surface area (Å²) < 4.78 is 4.93. The quantitative estimate of drug-likeness (QED) is 0.424. The molecule has 0 aromatic heterocycles. The number of amides is 1. The summed E-state index contributed by atoms with van der Waals surface area (Å²) in [5.41, 5.74) is 0.712. The zero-order valence-electron chi connectivity index (χ0n) is 11.6. The molecule has 0 saturated carbocycles. The number of nitro groups is 1. The van der Waals surface area contributed by atoms with E-state index in [1.807, 2.05) is 6.92 Å². The fourth-order valence-corrected chi connectivity index (χ4v) is 1.71. The normalized spacial score (nSPS) is 10.1. The van der Waals surface area contributed by atoms with Crippen molar-refractivity contribution >= 4 is 11.6 Å². The number of nitrogens with zero attached hydrogens (tertiary/aromatic N) is 1. The van der Waals surface area contributed by atoms with E-state index in [1.54, 1.807) is 12.1 Å². The minimum Gasteiger partial charge on any atom is -0.490 e. The van der Waals surface area contributed by atoms with Crippen LogP contribution < -0.4 is 15.4 Å². The van der Waals surface area contributed by atoms with Crippen LogP contribution >= 0.6 is 0 Å². The first-order valence-electron chi connectivity index (χ1n) is 6.37. The van der Waals surface area contributed by atoms with Crippen molar-refractivity contribution in [2.24, 2.45) is 0 Å². The highest BCUT2D eigenvalue weighted by Crippen LogP contribution is 2.27. The molecule has 0 spiro atoms. The van der Waals surface area contributed by atoms with Crippen LogP contribution in [0.25, 0.3) is 0 Å². The highest BCUT2D eigenvalue weighted by Gasteiger charge is 2.14. The van der Waals surface area contributed by atoms with E-state index in [-0.39, 0.29) is 17.3 Å². The second kappa shape index (κ2) is 8.11. The molecule has 0 aliphatic rings. The molecule has 2 N–H and O–H groups in total. The molecule has 0 atom stereocenters. The van der Waals surface area contributed by atoms with Gasteiger partial charge in [-0.05, 0) is 18.6 Å². The van der Waals surface area contributed by atoms with E-state index in [9.17, 15) is 14.9 Å². The Kier molecular flexibility index (Phi) is 6.45. The van der Waals surface area contributed by atoms with Gasteiger partial charge >= 0.3 is 5.69 Å². The minimum atomic E-state index is -0.475. The topological polar surface area (TPSA) is 93.5 Å². The highest BCUT2D eigenvalue weighted by atomic mass is 16.6. The molecule has 0 bridgehead atoms. The molecule has 7 heteroatoms. The average Bonchev–Trinajstić information content (AvgIpc) is 2.43. The third-order valence-electron chi connectivity index (χ3n) is 2.67. The van der Waals surface area contributed by atoms with Gasteiger partial charge in [0, 0.05) is 32.1 Å². The van der Waals surface area contributed by atoms with Gasteiger partial charge in [0.15, 0.2) is 5.75 Å². The summed E-state index contributed by atoms with van der Waals surface area (Å²) in [6, 6.07) is 4.79. The average molecular weight is 281 g/mol. The summed E-state index contributed by atoms with van der Waals surface area (Å²) in [6.45, 7) is 3.46. The predicted octanol–water partition coefficient (Wildman–Crippen LogP) is 1.22. The zero-order chi connectivity index (χ0) is 15.0. The maximum atomic E-state index is 11.2. The molecule has 0 radical (unpaired) electrons.